The average molecular weight is 310 g/mol. The van der Waals surface area contributed by atoms with E-state index in [0.717, 1.165) is 6.39 Å². The van der Waals surface area contributed by atoms with E-state index in [4.69, 9.17) is 21.1 Å². The first-order chi connectivity index (χ1) is 10.1. The van der Waals surface area contributed by atoms with E-state index in [0.29, 0.717) is 10.6 Å². The summed E-state index contributed by atoms with van der Waals surface area (Å²) in [7, 11) is 0. The van der Waals surface area contributed by atoms with Crippen LogP contribution in [-0.2, 0) is 0 Å². The number of rotatable bonds is 5. The van der Waals surface area contributed by atoms with Crippen molar-refractivity contribution in [2.24, 2.45) is 0 Å². The molecule has 7 nitrogen and oxygen atoms in total. The van der Waals surface area contributed by atoms with Gasteiger partial charge in [-0.15, -0.1) is 0 Å². The van der Waals surface area contributed by atoms with E-state index in [1.807, 2.05) is 0 Å². The highest BCUT2D eigenvalue weighted by molar-refractivity contribution is 6.33. The maximum absolute atomic E-state index is 12.0. The van der Waals surface area contributed by atoms with Gasteiger partial charge in [0.15, 0.2) is 17.8 Å². The molecule has 0 aliphatic heterocycles. The Morgan fingerprint density at radius 3 is 2.67 bits per heavy atom. The van der Waals surface area contributed by atoms with Gasteiger partial charge in [-0.1, -0.05) is 23.7 Å². The fraction of sp³-hybridized carbons (Fsp3) is 0.154. The summed E-state index contributed by atoms with van der Waals surface area (Å²) < 4.78 is 5.23. The standard InChI is InChI=1S/C13H12ClN3O4/c14-9-4-2-1-3-8(9)11-10(17-7-21-11)12(18)15-5-6-16-13(19)20/h1-4,7,16H,5-6H2,(H,15,18)(H,19,20). The molecule has 0 atom stereocenters. The zero-order valence-electron chi connectivity index (χ0n) is 10.8. The third kappa shape index (κ3) is 3.73. The highest BCUT2D eigenvalue weighted by Crippen LogP contribution is 2.29. The van der Waals surface area contributed by atoms with E-state index in [2.05, 4.69) is 15.6 Å². The van der Waals surface area contributed by atoms with Gasteiger partial charge in [-0.3, -0.25) is 4.79 Å². The van der Waals surface area contributed by atoms with Gasteiger partial charge in [0.05, 0.1) is 5.02 Å². The van der Waals surface area contributed by atoms with Gasteiger partial charge in [-0.05, 0) is 12.1 Å². The minimum atomic E-state index is -1.15. The van der Waals surface area contributed by atoms with E-state index >= 15 is 0 Å². The molecule has 110 valence electrons. The van der Waals surface area contributed by atoms with Crippen LogP contribution in [0.1, 0.15) is 10.5 Å². The number of aromatic nitrogens is 1. The molecule has 1 heterocycles. The molecule has 1 aromatic carbocycles. The quantitative estimate of drug-likeness (QED) is 0.733. The van der Waals surface area contributed by atoms with Crippen molar-refractivity contribution in [2.75, 3.05) is 13.1 Å². The summed E-state index contributed by atoms with van der Waals surface area (Å²) in [6, 6.07) is 6.92. The molecule has 0 aliphatic carbocycles. The largest absolute Gasteiger partial charge is 0.465 e. The molecule has 0 saturated heterocycles. The maximum Gasteiger partial charge on any atom is 0.404 e. The fourth-order valence-corrected chi connectivity index (χ4v) is 1.90. The first kappa shape index (κ1) is 14.9. The Bertz CT molecular complexity index is 656. The molecule has 3 N–H and O–H groups in total. The topological polar surface area (TPSA) is 104 Å². The molecule has 2 amide bonds. The fourth-order valence-electron chi connectivity index (χ4n) is 1.67. The predicted molar refractivity (Wildman–Crippen MR) is 75.3 cm³/mol. The summed E-state index contributed by atoms with van der Waals surface area (Å²) in [5.41, 5.74) is 0.656. The van der Waals surface area contributed by atoms with Gasteiger partial charge in [0, 0.05) is 18.7 Å². The van der Waals surface area contributed by atoms with Crippen LogP contribution in [0.2, 0.25) is 5.02 Å². The molecule has 0 radical (unpaired) electrons. The lowest BCUT2D eigenvalue weighted by Crippen LogP contribution is -2.34. The van der Waals surface area contributed by atoms with E-state index < -0.39 is 12.0 Å². The smallest absolute Gasteiger partial charge is 0.404 e. The van der Waals surface area contributed by atoms with Crippen LogP contribution in [0.15, 0.2) is 35.1 Å². The number of benzene rings is 1. The summed E-state index contributed by atoms with van der Waals surface area (Å²) in [6.07, 6.45) is 0.00531. The van der Waals surface area contributed by atoms with E-state index in [9.17, 15) is 9.59 Å². The molecule has 0 spiro atoms. The van der Waals surface area contributed by atoms with Gasteiger partial charge in [-0.25, -0.2) is 9.78 Å². The lowest BCUT2D eigenvalue weighted by Gasteiger charge is -2.05. The van der Waals surface area contributed by atoms with Crippen molar-refractivity contribution >= 4 is 23.6 Å². The summed E-state index contributed by atoms with van der Waals surface area (Å²) in [5.74, 6) is -0.199. The van der Waals surface area contributed by atoms with Gasteiger partial charge >= 0.3 is 6.09 Å². The van der Waals surface area contributed by atoms with Crippen LogP contribution in [0.25, 0.3) is 11.3 Å². The van der Waals surface area contributed by atoms with Gasteiger partial charge in [0.2, 0.25) is 0 Å². The molecule has 2 aromatic rings. The van der Waals surface area contributed by atoms with E-state index in [-0.39, 0.29) is 24.5 Å². The highest BCUT2D eigenvalue weighted by Gasteiger charge is 2.19. The van der Waals surface area contributed by atoms with Crippen molar-refractivity contribution in [1.29, 1.82) is 0 Å². The first-order valence-corrected chi connectivity index (χ1v) is 6.40. The van der Waals surface area contributed by atoms with Gasteiger partial charge in [0.1, 0.15) is 0 Å². The molecular formula is C13H12ClN3O4. The van der Waals surface area contributed by atoms with Crippen LogP contribution in [0.3, 0.4) is 0 Å². The number of nitrogens with zero attached hydrogens (tertiary/aromatic N) is 1. The van der Waals surface area contributed by atoms with Crippen LogP contribution in [0, 0.1) is 0 Å². The third-order valence-corrected chi connectivity index (χ3v) is 2.92. The van der Waals surface area contributed by atoms with Crippen molar-refractivity contribution in [1.82, 2.24) is 15.6 Å². The van der Waals surface area contributed by atoms with Crippen LogP contribution in [-0.4, -0.2) is 35.2 Å². The van der Waals surface area contributed by atoms with E-state index in [1.54, 1.807) is 24.3 Å². The van der Waals surface area contributed by atoms with Crippen molar-refractivity contribution in [3.63, 3.8) is 0 Å². The normalized spacial score (nSPS) is 10.1. The third-order valence-electron chi connectivity index (χ3n) is 2.59. The molecule has 21 heavy (non-hydrogen) atoms. The Balaban J connectivity index is 2.08. The Kier molecular flexibility index (Phi) is 4.78. The Morgan fingerprint density at radius 2 is 1.95 bits per heavy atom. The zero-order chi connectivity index (χ0) is 15.2. The molecule has 0 aliphatic rings. The number of carbonyl (C=O) groups is 2. The minimum absolute atomic E-state index is 0.0958. The molecule has 0 unspecified atom stereocenters. The van der Waals surface area contributed by atoms with Crippen molar-refractivity contribution in [3.05, 3.63) is 41.4 Å². The molecule has 0 saturated carbocycles. The number of halogens is 1. The summed E-state index contributed by atoms with van der Waals surface area (Å²) in [4.78, 5) is 26.2. The Hall–Kier alpha value is -2.54. The number of nitrogens with one attached hydrogen (secondary N) is 2. The second-order valence-corrected chi connectivity index (χ2v) is 4.40. The summed E-state index contributed by atoms with van der Waals surface area (Å²) in [6.45, 7) is 0.236. The number of carbonyl (C=O) groups excluding carboxylic acids is 1. The lowest BCUT2D eigenvalue weighted by atomic mass is 10.1. The SMILES string of the molecule is O=C(O)NCCNC(=O)c1ncoc1-c1ccccc1Cl. The van der Waals surface area contributed by atoms with Gasteiger partial charge in [-0.2, -0.15) is 0 Å². The van der Waals surface area contributed by atoms with Crippen LogP contribution >= 0.6 is 11.6 Å². The van der Waals surface area contributed by atoms with Crippen LogP contribution < -0.4 is 10.6 Å². The van der Waals surface area contributed by atoms with Crippen molar-refractivity contribution in [3.8, 4) is 11.3 Å². The second kappa shape index (κ2) is 6.76. The van der Waals surface area contributed by atoms with Crippen molar-refractivity contribution in [2.45, 2.75) is 0 Å². The molecule has 1 aromatic heterocycles. The Morgan fingerprint density at radius 1 is 1.24 bits per heavy atom. The lowest BCUT2D eigenvalue weighted by molar-refractivity contribution is 0.0949. The number of hydrogen-bond donors (Lipinski definition) is 3. The maximum atomic E-state index is 12.0. The number of oxazole rings is 1. The monoisotopic (exact) mass is 309 g/mol. The second-order valence-electron chi connectivity index (χ2n) is 4.00. The number of amides is 2. The molecule has 8 heteroatoms. The Labute approximate surface area is 124 Å². The minimum Gasteiger partial charge on any atom is -0.465 e. The number of carboxylic acid groups (broad SMARTS) is 1. The summed E-state index contributed by atoms with van der Waals surface area (Å²) in [5, 5.41) is 13.5. The van der Waals surface area contributed by atoms with Crippen molar-refractivity contribution < 1.29 is 19.1 Å². The average Bonchev–Trinajstić information content (AvgIpc) is 2.93. The molecular weight excluding hydrogens is 298 g/mol. The predicted octanol–water partition coefficient (Wildman–Crippen LogP) is 1.99. The van der Waals surface area contributed by atoms with Crippen LogP contribution in [0.4, 0.5) is 4.79 Å². The molecule has 0 bridgehead atoms. The number of hydrogen-bond acceptors (Lipinski definition) is 4. The van der Waals surface area contributed by atoms with Gasteiger partial charge in [0.25, 0.3) is 5.91 Å². The first-order valence-electron chi connectivity index (χ1n) is 6.03. The van der Waals surface area contributed by atoms with Gasteiger partial charge < -0.3 is 20.2 Å². The van der Waals surface area contributed by atoms with E-state index in [1.165, 1.54) is 0 Å². The summed E-state index contributed by atoms with van der Waals surface area (Å²) >= 11 is 6.06. The highest BCUT2D eigenvalue weighted by atomic mass is 35.5. The zero-order valence-corrected chi connectivity index (χ0v) is 11.6. The molecule has 2 rings (SSSR count). The van der Waals surface area contributed by atoms with Crippen LogP contribution in [0.5, 0.6) is 0 Å². The molecule has 0 fully saturated rings.